The number of benzene rings is 2. The van der Waals surface area contributed by atoms with Crippen LogP contribution in [0, 0.1) is 0 Å². The minimum absolute atomic E-state index is 0.0526. The molecule has 2 aromatic carbocycles. The quantitative estimate of drug-likeness (QED) is 0.748. The Morgan fingerprint density at radius 1 is 1.12 bits per heavy atom. The Kier molecular flexibility index (Phi) is 4.40. The lowest BCUT2D eigenvalue weighted by Crippen LogP contribution is -2.56. The second kappa shape index (κ2) is 6.70. The van der Waals surface area contributed by atoms with E-state index < -0.39 is 0 Å². The smallest absolute Gasteiger partial charge is 0.307 e. The van der Waals surface area contributed by atoms with Gasteiger partial charge in [-0.2, -0.15) is 0 Å². The zero-order chi connectivity index (χ0) is 17.3. The van der Waals surface area contributed by atoms with Crippen LogP contribution in [0.4, 0.5) is 0 Å². The average Bonchev–Trinajstić information content (AvgIpc) is 2.63. The minimum atomic E-state index is -0.323. The third-order valence-electron chi connectivity index (χ3n) is 4.67. The molecule has 0 saturated carbocycles. The maximum Gasteiger partial charge on any atom is 0.307 e. The van der Waals surface area contributed by atoms with Gasteiger partial charge in [-0.05, 0) is 30.5 Å². The van der Waals surface area contributed by atoms with Gasteiger partial charge in [0.25, 0.3) is 0 Å². The molecule has 4 heteroatoms. The fourth-order valence-electron chi connectivity index (χ4n) is 3.66. The standard InChI is InChI=1S/C21H20O3S/c1-15(22)24-20-18(16-9-4-2-5-10-16)19-21(20,13-8-14-23-19)25-17-11-6-3-7-12-17/h2-7,9-12,19H,8,13-14H2,1H3. The van der Waals surface area contributed by atoms with Gasteiger partial charge in [-0.15, -0.1) is 11.8 Å². The van der Waals surface area contributed by atoms with Crippen LogP contribution in [0.2, 0.25) is 0 Å². The van der Waals surface area contributed by atoms with Crippen molar-refractivity contribution < 1.29 is 14.3 Å². The van der Waals surface area contributed by atoms with Crippen LogP contribution in [0.1, 0.15) is 25.3 Å². The Labute approximate surface area is 152 Å². The van der Waals surface area contributed by atoms with Gasteiger partial charge in [0.2, 0.25) is 0 Å². The first-order valence-electron chi connectivity index (χ1n) is 8.55. The predicted molar refractivity (Wildman–Crippen MR) is 99.1 cm³/mol. The summed E-state index contributed by atoms with van der Waals surface area (Å²) in [6, 6.07) is 20.3. The lowest BCUT2D eigenvalue weighted by molar-refractivity contribution is -0.139. The van der Waals surface area contributed by atoms with Gasteiger partial charge >= 0.3 is 5.97 Å². The number of hydrogen-bond donors (Lipinski definition) is 0. The number of rotatable bonds is 4. The molecule has 0 radical (unpaired) electrons. The van der Waals surface area contributed by atoms with E-state index in [1.54, 1.807) is 11.8 Å². The first-order valence-corrected chi connectivity index (χ1v) is 9.36. The first kappa shape index (κ1) is 16.4. The van der Waals surface area contributed by atoms with Crippen LogP contribution in [-0.4, -0.2) is 23.4 Å². The zero-order valence-electron chi connectivity index (χ0n) is 14.1. The third-order valence-corrected chi connectivity index (χ3v) is 6.14. The van der Waals surface area contributed by atoms with Crippen LogP contribution >= 0.6 is 11.8 Å². The Bertz CT molecular complexity index is 800. The topological polar surface area (TPSA) is 35.5 Å². The summed E-state index contributed by atoms with van der Waals surface area (Å²) in [7, 11) is 0. The van der Waals surface area contributed by atoms with Crippen LogP contribution in [0.5, 0.6) is 0 Å². The minimum Gasteiger partial charge on any atom is -0.429 e. The van der Waals surface area contributed by atoms with Gasteiger partial charge in [0.15, 0.2) is 0 Å². The van der Waals surface area contributed by atoms with Gasteiger partial charge in [-0.1, -0.05) is 48.5 Å². The van der Waals surface area contributed by atoms with Crippen molar-refractivity contribution in [1.29, 1.82) is 0 Å². The van der Waals surface area contributed by atoms with Gasteiger partial charge in [-0.25, -0.2) is 0 Å². The van der Waals surface area contributed by atoms with E-state index in [4.69, 9.17) is 9.47 Å². The molecule has 128 valence electrons. The second-order valence-corrected chi connectivity index (χ2v) is 7.77. The molecule has 2 aromatic rings. The molecule has 0 bridgehead atoms. The third kappa shape index (κ3) is 2.90. The van der Waals surface area contributed by atoms with Crippen LogP contribution in [0.15, 0.2) is 71.3 Å². The molecule has 2 aliphatic rings. The summed E-state index contributed by atoms with van der Waals surface area (Å²) in [5, 5.41) is 0. The summed E-state index contributed by atoms with van der Waals surface area (Å²) < 4.78 is 11.6. The largest absolute Gasteiger partial charge is 0.429 e. The molecule has 0 spiro atoms. The van der Waals surface area contributed by atoms with Gasteiger partial charge in [0.1, 0.15) is 16.6 Å². The van der Waals surface area contributed by atoms with Gasteiger partial charge < -0.3 is 9.47 Å². The van der Waals surface area contributed by atoms with Crippen molar-refractivity contribution in [2.24, 2.45) is 0 Å². The second-order valence-electron chi connectivity index (χ2n) is 6.36. The van der Waals surface area contributed by atoms with Crippen molar-refractivity contribution in [3.05, 3.63) is 72.0 Å². The van der Waals surface area contributed by atoms with Crippen molar-refractivity contribution in [2.45, 2.75) is 35.5 Å². The Balaban J connectivity index is 1.80. The Morgan fingerprint density at radius 2 is 1.80 bits per heavy atom. The maximum atomic E-state index is 11.8. The van der Waals surface area contributed by atoms with Crippen molar-refractivity contribution in [3.63, 3.8) is 0 Å². The number of esters is 1. The molecule has 2 unspecified atom stereocenters. The molecule has 2 atom stereocenters. The summed E-state index contributed by atoms with van der Waals surface area (Å²) in [6.07, 6.45) is 1.85. The summed E-state index contributed by atoms with van der Waals surface area (Å²) in [6.45, 7) is 2.21. The zero-order valence-corrected chi connectivity index (χ0v) is 14.9. The highest BCUT2D eigenvalue weighted by Gasteiger charge is 2.59. The highest BCUT2D eigenvalue weighted by atomic mass is 32.2. The molecule has 0 amide bonds. The van der Waals surface area contributed by atoms with Crippen molar-refractivity contribution in [3.8, 4) is 0 Å². The van der Waals surface area contributed by atoms with E-state index in [9.17, 15) is 4.79 Å². The molecular formula is C21H20O3S. The molecule has 1 aliphatic carbocycles. The van der Waals surface area contributed by atoms with E-state index in [0.29, 0.717) is 0 Å². The SMILES string of the molecule is CC(=O)OC1=C(c2ccccc2)C2OCCCC12Sc1ccccc1. The lowest BCUT2D eigenvalue weighted by Gasteiger charge is -2.52. The highest BCUT2D eigenvalue weighted by Crippen LogP contribution is 2.60. The van der Waals surface area contributed by atoms with E-state index in [-0.39, 0.29) is 16.8 Å². The number of carbonyl (C=O) groups is 1. The molecule has 1 saturated heterocycles. The van der Waals surface area contributed by atoms with Crippen LogP contribution in [0.25, 0.3) is 5.57 Å². The number of carbonyl (C=O) groups excluding carboxylic acids is 1. The van der Waals surface area contributed by atoms with Crippen LogP contribution in [-0.2, 0) is 14.3 Å². The number of ether oxygens (including phenoxy) is 2. The fraction of sp³-hybridized carbons (Fsp3) is 0.286. The lowest BCUT2D eigenvalue weighted by atomic mass is 9.72. The molecule has 1 fully saturated rings. The Hall–Kier alpha value is -2.04. The maximum absolute atomic E-state index is 11.8. The predicted octanol–water partition coefficient (Wildman–Crippen LogP) is 4.68. The molecule has 1 heterocycles. The summed E-state index contributed by atoms with van der Waals surface area (Å²) in [5.74, 6) is 0.491. The average molecular weight is 352 g/mol. The summed E-state index contributed by atoms with van der Waals surface area (Å²) in [5.41, 5.74) is 2.08. The van der Waals surface area contributed by atoms with Crippen molar-refractivity contribution in [2.75, 3.05) is 6.61 Å². The van der Waals surface area contributed by atoms with E-state index >= 15 is 0 Å². The number of hydrogen-bond acceptors (Lipinski definition) is 4. The summed E-state index contributed by atoms with van der Waals surface area (Å²) >= 11 is 1.75. The van der Waals surface area contributed by atoms with Crippen LogP contribution < -0.4 is 0 Å². The van der Waals surface area contributed by atoms with Gasteiger partial charge in [0, 0.05) is 24.0 Å². The van der Waals surface area contributed by atoms with E-state index in [1.807, 2.05) is 48.5 Å². The van der Waals surface area contributed by atoms with E-state index in [1.165, 1.54) is 6.92 Å². The van der Waals surface area contributed by atoms with Gasteiger partial charge in [-0.3, -0.25) is 4.79 Å². The Morgan fingerprint density at radius 3 is 2.48 bits per heavy atom. The van der Waals surface area contributed by atoms with E-state index in [2.05, 4.69) is 12.1 Å². The fourth-order valence-corrected chi connectivity index (χ4v) is 5.15. The number of fused-ring (bicyclic) bond motifs is 1. The molecule has 1 aliphatic heterocycles. The molecular weight excluding hydrogens is 332 g/mol. The number of thioether (sulfide) groups is 1. The summed E-state index contributed by atoms with van der Waals surface area (Å²) in [4.78, 5) is 12.9. The molecule has 4 rings (SSSR count). The van der Waals surface area contributed by atoms with Crippen molar-refractivity contribution in [1.82, 2.24) is 0 Å². The molecule has 3 nitrogen and oxygen atoms in total. The molecule has 25 heavy (non-hydrogen) atoms. The van der Waals surface area contributed by atoms with Gasteiger partial charge in [0.05, 0.1) is 0 Å². The highest BCUT2D eigenvalue weighted by molar-refractivity contribution is 8.01. The van der Waals surface area contributed by atoms with Crippen LogP contribution in [0.3, 0.4) is 0 Å². The molecule has 0 N–H and O–H groups in total. The van der Waals surface area contributed by atoms with E-state index in [0.717, 1.165) is 41.2 Å². The van der Waals surface area contributed by atoms with Crippen molar-refractivity contribution >= 4 is 23.3 Å². The normalized spacial score (nSPS) is 25.1. The monoisotopic (exact) mass is 352 g/mol. The first-order chi connectivity index (χ1) is 12.2. The molecule has 0 aromatic heterocycles.